The van der Waals surface area contributed by atoms with Crippen LogP contribution >= 0.6 is 38.5 Å². The summed E-state index contributed by atoms with van der Waals surface area (Å²) in [6.07, 6.45) is 0.998. The first-order chi connectivity index (χ1) is 7.16. The summed E-state index contributed by atoms with van der Waals surface area (Å²) in [4.78, 5) is 12.0. The Kier molecular flexibility index (Phi) is 4.01. The van der Waals surface area contributed by atoms with Crippen LogP contribution in [0.2, 0.25) is 0 Å². The zero-order valence-corrected chi connectivity index (χ0v) is 12.8. The van der Waals surface area contributed by atoms with Crippen molar-refractivity contribution in [2.45, 2.75) is 1.66 Å². The Morgan fingerprint density at radius 3 is 2.50 bits per heavy atom. The van der Waals surface area contributed by atoms with Crippen LogP contribution in [-0.4, -0.2) is 22.1 Å². The van der Waals surface area contributed by atoms with E-state index in [4.69, 9.17) is 5.73 Å². The zero-order valence-electron chi connectivity index (χ0n) is 8.28. The van der Waals surface area contributed by atoms with Gasteiger partial charge >= 0.3 is 0 Å². The largest absolute Gasteiger partial charge is 0.399 e. The number of carbonyl (C=O) groups is 1. The van der Waals surface area contributed by atoms with Gasteiger partial charge in [0.25, 0.3) is 0 Å². The standard InChI is InChI=1S/C9H9BrINO3S/c1-16(14,15)9(10,11)8(13)6-3-2-4-7(12)5-6/h2-5H,12H2,1H3. The lowest BCUT2D eigenvalue weighted by Crippen LogP contribution is -2.33. The van der Waals surface area contributed by atoms with Crippen LogP contribution in [0.25, 0.3) is 0 Å². The minimum atomic E-state index is -3.55. The fourth-order valence-electron chi connectivity index (χ4n) is 1.02. The molecular formula is C9H9BrINO3S. The summed E-state index contributed by atoms with van der Waals surface area (Å²) in [5, 5.41) is 0. The molecule has 0 aliphatic heterocycles. The van der Waals surface area contributed by atoms with E-state index in [9.17, 15) is 13.2 Å². The smallest absolute Gasteiger partial charge is 0.238 e. The molecule has 0 aliphatic rings. The molecule has 0 heterocycles. The third-order valence-electron chi connectivity index (χ3n) is 1.88. The summed E-state index contributed by atoms with van der Waals surface area (Å²) >= 11 is 4.50. The second kappa shape index (κ2) is 4.61. The summed E-state index contributed by atoms with van der Waals surface area (Å²) in [6, 6.07) is 6.20. The summed E-state index contributed by atoms with van der Waals surface area (Å²) in [7, 11) is -3.55. The minimum Gasteiger partial charge on any atom is -0.399 e. The molecule has 0 amide bonds. The predicted molar refractivity (Wildman–Crippen MR) is 75.7 cm³/mol. The third-order valence-corrected chi connectivity index (χ3v) is 8.01. The van der Waals surface area contributed by atoms with Crippen molar-refractivity contribution in [3.8, 4) is 0 Å². The number of nitrogen functional groups attached to an aromatic ring is 1. The van der Waals surface area contributed by atoms with Gasteiger partial charge in [0.1, 0.15) is 0 Å². The van der Waals surface area contributed by atoms with E-state index in [1.54, 1.807) is 34.7 Å². The number of hydrogen-bond acceptors (Lipinski definition) is 4. The number of nitrogens with two attached hydrogens (primary N) is 1. The molecular weight excluding hydrogens is 409 g/mol. The Morgan fingerprint density at radius 2 is 2.06 bits per heavy atom. The Bertz CT molecular complexity index is 527. The maximum absolute atomic E-state index is 12.0. The van der Waals surface area contributed by atoms with Crippen molar-refractivity contribution >= 4 is 59.8 Å². The van der Waals surface area contributed by atoms with E-state index in [0.717, 1.165) is 6.26 Å². The molecule has 1 atom stereocenters. The van der Waals surface area contributed by atoms with Crippen LogP contribution in [0.3, 0.4) is 0 Å². The molecule has 0 aromatic heterocycles. The van der Waals surface area contributed by atoms with Crippen molar-refractivity contribution in [3.05, 3.63) is 29.8 Å². The van der Waals surface area contributed by atoms with Crippen LogP contribution in [-0.2, 0) is 9.84 Å². The Hall–Kier alpha value is -0.150. The van der Waals surface area contributed by atoms with Crippen LogP contribution in [0.15, 0.2) is 24.3 Å². The van der Waals surface area contributed by atoms with Gasteiger partial charge in [-0.05, 0) is 50.7 Å². The van der Waals surface area contributed by atoms with Gasteiger partial charge in [0.2, 0.25) is 7.45 Å². The summed E-state index contributed by atoms with van der Waals surface area (Å²) in [6.45, 7) is 0. The van der Waals surface area contributed by atoms with E-state index in [1.165, 1.54) is 12.1 Å². The molecule has 0 bridgehead atoms. The molecule has 7 heteroatoms. The molecule has 0 saturated carbocycles. The van der Waals surface area contributed by atoms with E-state index in [2.05, 4.69) is 15.9 Å². The minimum absolute atomic E-state index is 0.261. The number of anilines is 1. The second-order valence-corrected chi connectivity index (χ2v) is 10.9. The molecule has 88 valence electrons. The molecule has 1 unspecified atom stereocenters. The maximum atomic E-state index is 12.0. The van der Waals surface area contributed by atoms with Gasteiger partial charge in [-0.2, -0.15) is 0 Å². The van der Waals surface area contributed by atoms with Crippen LogP contribution in [0.1, 0.15) is 10.4 Å². The van der Waals surface area contributed by atoms with Crippen molar-refractivity contribution < 1.29 is 13.2 Å². The average Bonchev–Trinajstić information content (AvgIpc) is 2.14. The van der Waals surface area contributed by atoms with E-state index in [-0.39, 0.29) is 5.56 Å². The molecule has 0 spiro atoms. The molecule has 2 N–H and O–H groups in total. The molecule has 4 nitrogen and oxygen atoms in total. The van der Waals surface area contributed by atoms with Gasteiger partial charge in [-0.15, -0.1) is 0 Å². The predicted octanol–water partition coefficient (Wildman–Crippen LogP) is 1.98. The molecule has 1 rings (SSSR count). The number of ketones is 1. The summed E-state index contributed by atoms with van der Waals surface area (Å²) in [5.74, 6) is -0.539. The highest BCUT2D eigenvalue weighted by Gasteiger charge is 2.43. The van der Waals surface area contributed by atoms with E-state index < -0.39 is 17.3 Å². The van der Waals surface area contributed by atoms with Gasteiger partial charge in [-0.3, -0.25) is 4.79 Å². The number of halogens is 2. The normalized spacial score (nSPS) is 15.4. The van der Waals surface area contributed by atoms with Crippen molar-refractivity contribution in [1.82, 2.24) is 0 Å². The highest BCUT2D eigenvalue weighted by molar-refractivity contribution is 14.1. The molecule has 0 aliphatic carbocycles. The maximum Gasteiger partial charge on any atom is 0.238 e. The van der Waals surface area contributed by atoms with E-state index in [0.29, 0.717) is 5.69 Å². The quantitative estimate of drug-likeness (QED) is 0.353. The van der Waals surface area contributed by atoms with Gasteiger partial charge in [-0.25, -0.2) is 8.42 Å². The number of benzene rings is 1. The van der Waals surface area contributed by atoms with Gasteiger partial charge in [0.15, 0.2) is 9.84 Å². The van der Waals surface area contributed by atoms with Crippen LogP contribution < -0.4 is 5.73 Å². The Morgan fingerprint density at radius 1 is 1.50 bits per heavy atom. The number of sulfone groups is 1. The van der Waals surface area contributed by atoms with Gasteiger partial charge in [-0.1, -0.05) is 12.1 Å². The number of hydrogen-bond donors (Lipinski definition) is 1. The second-order valence-electron chi connectivity index (χ2n) is 3.24. The first kappa shape index (κ1) is 13.9. The third kappa shape index (κ3) is 2.75. The lowest BCUT2D eigenvalue weighted by molar-refractivity contribution is 0.101. The first-order valence-electron chi connectivity index (χ1n) is 4.14. The Labute approximate surface area is 116 Å². The molecule has 0 radical (unpaired) electrons. The highest BCUT2D eigenvalue weighted by atomic mass is 127. The van der Waals surface area contributed by atoms with Gasteiger partial charge in [0, 0.05) is 17.5 Å². The number of alkyl halides is 2. The number of carbonyl (C=O) groups excluding carboxylic acids is 1. The van der Waals surface area contributed by atoms with Gasteiger partial charge < -0.3 is 5.73 Å². The molecule has 1 aromatic carbocycles. The number of rotatable bonds is 3. The fourth-order valence-corrected chi connectivity index (χ4v) is 2.01. The van der Waals surface area contributed by atoms with Crippen molar-refractivity contribution in [2.75, 3.05) is 12.0 Å². The average molecular weight is 418 g/mol. The zero-order chi connectivity index (χ0) is 12.6. The van der Waals surface area contributed by atoms with Gasteiger partial charge in [0.05, 0.1) is 0 Å². The number of Topliss-reactive ketones (excluding diaryl/α,β-unsaturated/α-hetero) is 1. The molecule has 1 aromatic rings. The fraction of sp³-hybridized carbons (Fsp3) is 0.222. The SMILES string of the molecule is CS(=O)(=O)C(Br)(I)C(=O)c1cccc(N)c1. The van der Waals surface area contributed by atoms with Crippen LogP contribution in [0, 0.1) is 0 Å². The first-order valence-corrected chi connectivity index (χ1v) is 7.90. The van der Waals surface area contributed by atoms with Crippen LogP contribution in [0.4, 0.5) is 5.69 Å². The lowest BCUT2D eigenvalue weighted by Gasteiger charge is -2.16. The van der Waals surface area contributed by atoms with Crippen molar-refractivity contribution in [3.63, 3.8) is 0 Å². The topological polar surface area (TPSA) is 77.2 Å². The summed E-state index contributed by atoms with van der Waals surface area (Å²) < 4.78 is 21.2. The van der Waals surface area contributed by atoms with E-state index in [1.807, 2.05) is 0 Å². The molecule has 16 heavy (non-hydrogen) atoms. The molecule has 0 saturated heterocycles. The Balaban J connectivity index is 3.23. The van der Waals surface area contributed by atoms with Crippen molar-refractivity contribution in [1.29, 1.82) is 0 Å². The monoisotopic (exact) mass is 417 g/mol. The van der Waals surface area contributed by atoms with Crippen LogP contribution in [0.5, 0.6) is 0 Å². The van der Waals surface area contributed by atoms with E-state index >= 15 is 0 Å². The van der Waals surface area contributed by atoms with Crippen molar-refractivity contribution in [2.24, 2.45) is 0 Å². The highest BCUT2D eigenvalue weighted by Crippen LogP contribution is 2.36. The molecule has 0 fully saturated rings. The summed E-state index contributed by atoms with van der Waals surface area (Å²) in [5.41, 5.74) is 6.21. The lowest BCUT2D eigenvalue weighted by atomic mass is 10.1.